The smallest absolute Gasteiger partial charge is 0.307 e. The molecule has 0 saturated carbocycles. The van der Waals surface area contributed by atoms with E-state index in [2.05, 4.69) is 9.71 Å². The number of hydrogen-bond donors (Lipinski definition) is 1. The number of aromatic nitrogens is 1. The summed E-state index contributed by atoms with van der Waals surface area (Å²) in [6.45, 7) is 8.13. The molecule has 164 valence electrons. The highest BCUT2D eigenvalue weighted by Crippen LogP contribution is 2.30. The second-order valence-electron chi connectivity index (χ2n) is 7.72. The molecule has 1 aromatic carbocycles. The van der Waals surface area contributed by atoms with Gasteiger partial charge in [-0.15, -0.1) is 0 Å². The zero-order valence-corrected chi connectivity index (χ0v) is 18.5. The molecular weight excluding hydrogens is 411 g/mol. The minimum Gasteiger partial charge on any atom is -0.466 e. The molecule has 2 aromatic rings. The number of carbonyl (C=O) groups is 1. The van der Waals surface area contributed by atoms with E-state index in [1.165, 1.54) is 39.1 Å². The molecule has 2 rings (SSSR count). The number of nitrogens with zero attached hydrogens (tertiary/aromatic N) is 1. The third-order valence-electron chi connectivity index (χ3n) is 4.24. The number of aryl methyl sites for hydroxylation is 1. The second kappa shape index (κ2) is 9.53. The van der Waals surface area contributed by atoms with Gasteiger partial charge in [-0.25, -0.2) is 17.5 Å². The summed E-state index contributed by atoms with van der Waals surface area (Å²) in [7, 11) is -3.87. The SMILES string of the molecule is CCOC(=O)C[C@@H](NS(=O)(=O)C(C)(C)C)c1cc(Oc2ccc(C)nc2)ccc1F. The third kappa shape index (κ3) is 6.24. The van der Waals surface area contributed by atoms with Crippen LogP contribution in [0.5, 0.6) is 11.5 Å². The highest BCUT2D eigenvalue weighted by Gasteiger charge is 2.33. The Balaban J connectivity index is 2.40. The van der Waals surface area contributed by atoms with Crippen molar-refractivity contribution in [3.63, 3.8) is 0 Å². The molecule has 1 N–H and O–H groups in total. The van der Waals surface area contributed by atoms with Crippen molar-refractivity contribution < 1.29 is 27.1 Å². The van der Waals surface area contributed by atoms with Crippen molar-refractivity contribution in [2.45, 2.75) is 51.8 Å². The van der Waals surface area contributed by atoms with Gasteiger partial charge >= 0.3 is 5.97 Å². The number of hydrogen-bond acceptors (Lipinski definition) is 6. The highest BCUT2D eigenvalue weighted by molar-refractivity contribution is 7.90. The molecule has 1 heterocycles. The van der Waals surface area contributed by atoms with Crippen LogP contribution < -0.4 is 9.46 Å². The topological polar surface area (TPSA) is 94.6 Å². The number of ether oxygens (including phenoxy) is 2. The molecule has 0 radical (unpaired) electrons. The Labute approximate surface area is 176 Å². The number of esters is 1. The molecule has 1 atom stereocenters. The molecule has 0 unspecified atom stereocenters. The number of carbonyl (C=O) groups excluding carboxylic acids is 1. The van der Waals surface area contributed by atoms with Crippen LogP contribution in [0.2, 0.25) is 0 Å². The van der Waals surface area contributed by atoms with E-state index < -0.39 is 32.6 Å². The van der Waals surface area contributed by atoms with Gasteiger partial charge in [0.2, 0.25) is 10.0 Å². The number of nitrogens with one attached hydrogen (secondary N) is 1. The van der Waals surface area contributed by atoms with Gasteiger partial charge in [0.25, 0.3) is 0 Å². The van der Waals surface area contributed by atoms with Crippen LogP contribution in [0.1, 0.15) is 51.4 Å². The lowest BCUT2D eigenvalue weighted by Crippen LogP contribution is -2.42. The maximum Gasteiger partial charge on any atom is 0.307 e. The summed E-state index contributed by atoms with van der Waals surface area (Å²) in [4.78, 5) is 16.2. The zero-order valence-electron chi connectivity index (χ0n) is 17.7. The lowest BCUT2D eigenvalue weighted by Gasteiger charge is -2.25. The number of sulfonamides is 1. The summed E-state index contributed by atoms with van der Waals surface area (Å²) in [6, 6.07) is 6.26. The van der Waals surface area contributed by atoms with E-state index in [0.29, 0.717) is 5.75 Å². The minimum atomic E-state index is -3.87. The molecule has 30 heavy (non-hydrogen) atoms. The Morgan fingerprint density at radius 2 is 1.87 bits per heavy atom. The monoisotopic (exact) mass is 438 g/mol. The zero-order chi connectivity index (χ0) is 22.5. The van der Waals surface area contributed by atoms with Crippen molar-refractivity contribution in [2.24, 2.45) is 0 Å². The summed E-state index contributed by atoms with van der Waals surface area (Å²) in [5.74, 6) is -0.598. The fourth-order valence-corrected chi connectivity index (χ4v) is 3.41. The molecule has 0 amide bonds. The van der Waals surface area contributed by atoms with Crippen molar-refractivity contribution in [1.29, 1.82) is 0 Å². The van der Waals surface area contributed by atoms with Gasteiger partial charge in [-0.2, -0.15) is 0 Å². The molecule has 0 aliphatic heterocycles. The van der Waals surface area contributed by atoms with Crippen LogP contribution in [0.25, 0.3) is 0 Å². The standard InChI is InChI=1S/C21H27FN2O5S/c1-6-28-20(25)12-19(24-30(26,27)21(3,4)5)17-11-15(9-10-18(17)22)29-16-8-7-14(2)23-13-16/h7-11,13,19,24H,6,12H2,1-5H3/t19-/m1/s1. The molecule has 1 aromatic heterocycles. The van der Waals surface area contributed by atoms with Crippen LogP contribution in [-0.2, 0) is 19.6 Å². The van der Waals surface area contributed by atoms with E-state index in [4.69, 9.17) is 9.47 Å². The molecule has 0 aliphatic rings. The van der Waals surface area contributed by atoms with Gasteiger partial charge in [0, 0.05) is 11.3 Å². The largest absolute Gasteiger partial charge is 0.466 e. The summed E-state index contributed by atoms with van der Waals surface area (Å²) in [5, 5.41) is 0. The molecular formula is C21H27FN2O5S. The van der Waals surface area contributed by atoms with Crippen LogP contribution in [0.4, 0.5) is 4.39 Å². The van der Waals surface area contributed by atoms with E-state index in [1.807, 2.05) is 6.92 Å². The predicted octanol–water partition coefficient (Wildman–Crippen LogP) is 4.03. The van der Waals surface area contributed by atoms with Crippen LogP contribution in [0.3, 0.4) is 0 Å². The molecule has 7 nitrogen and oxygen atoms in total. The van der Waals surface area contributed by atoms with Crippen molar-refractivity contribution in [1.82, 2.24) is 9.71 Å². The number of pyridine rings is 1. The van der Waals surface area contributed by atoms with E-state index in [-0.39, 0.29) is 24.3 Å². The van der Waals surface area contributed by atoms with Crippen molar-refractivity contribution in [2.75, 3.05) is 6.61 Å². The quantitative estimate of drug-likeness (QED) is 0.625. The summed E-state index contributed by atoms with van der Waals surface area (Å²) < 4.78 is 51.9. The van der Waals surface area contributed by atoms with Gasteiger partial charge in [-0.05, 0) is 65.0 Å². The average molecular weight is 439 g/mol. The number of rotatable bonds is 8. The van der Waals surface area contributed by atoms with Gasteiger partial charge in [-0.3, -0.25) is 9.78 Å². The van der Waals surface area contributed by atoms with Gasteiger partial charge in [-0.1, -0.05) is 0 Å². The normalized spacial score (nSPS) is 13.0. The number of halogens is 1. The van der Waals surface area contributed by atoms with Gasteiger partial charge in [0.15, 0.2) is 0 Å². The van der Waals surface area contributed by atoms with Gasteiger partial charge in [0.1, 0.15) is 17.3 Å². The van der Waals surface area contributed by atoms with E-state index >= 15 is 0 Å². The third-order valence-corrected chi connectivity index (χ3v) is 6.45. The summed E-state index contributed by atoms with van der Waals surface area (Å²) >= 11 is 0. The Morgan fingerprint density at radius 3 is 2.43 bits per heavy atom. The first-order chi connectivity index (χ1) is 13.9. The number of benzene rings is 1. The lowest BCUT2D eigenvalue weighted by molar-refractivity contribution is -0.143. The fourth-order valence-electron chi connectivity index (χ4n) is 2.47. The van der Waals surface area contributed by atoms with Gasteiger partial charge in [0.05, 0.1) is 30.0 Å². The Hall–Kier alpha value is -2.52. The highest BCUT2D eigenvalue weighted by atomic mass is 32.2. The summed E-state index contributed by atoms with van der Waals surface area (Å²) in [6.07, 6.45) is 1.16. The van der Waals surface area contributed by atoms with Crippen molar-refractivity contribution in [3.05, 3.63) is 53.6 Å². The maximum atomic E-state index is 14.7. The van der Waals surface area contributed by atoms with E-state index in [9.17, 15) is 17.6 Å². The minimum absolute atomic E-state index is 0.0200. The second-order valence-corrected chi connectivity index (χ2v) is 10.2. The predicted molar refractivity (Wildman–Crippen MR) is 111 cm³/mol. The lowest BCUT2D eigenvalue weighted by atomic mass is 10.0. The molecule has 0 aliphatic carbocycles. The van der Waals surface area contributed by atoms with E-state index in [1.54, 1.807) is 19.1 Å². The first-order valence-corrected chi connectivity index (χ1v) is 11.0. The summed E-state index contributed by atoms with van der Waals surface area (Å²) in [5.41, 5.74) is 0.793. The van der Waals surface area contributed by atoms with E-state index in [0.717, 1.165) is 11.8 Å². The van der Waals surface area contributed by atoms with Crippen molar-refractivity contribution >= 4 is 16.0 Å². The first kappa shape index (κ1) is 23.8. The maximum absolute atomic E-state index is 14.7. The molecule has 0 saturated heterocycles. The first-order valence-electron chi connectivity index (χ1n) is 9.50. The van der Waals surface area contributed by atoms with Crippen LogP contribution in [0.15, 0.2) is 36.5 Å². The fraction of sp³-hybridized carbons (Fsp3) is 0.429. The molecule has 9 heteroatoms. The Bertz CT molecular complexity index is 985. The molecule has 0 spiro atoms. The molecule has 0 fully saturated rings. The Kier molecular flexibility index (Phi) is 7.54. The Morgan fingerprint density at radius 1 is 1.20 bits per heavy atom. The van der Waals surface area contributed by atoms with Crippen molar-refractivity contribution in [3.8, 4) is 11.5 Å². The van der Waals surface area contributed by atoms with Crippen LogP contribution in [-0.4, -0.2) is 30.7 Å². The van der Waals surface area contributed by atoms with Crippen LogP contribution in [0, 0.1) is 12.7 Å². The van der Waals surface area contributed by atoms with Crippen LogP contribution >= 0.6 is 0 Å². The average Bonchev–Trinajstić information content (AvgIpc) is 2.63. The molecule has 0 bridgehead atoms. The van der Waals surface area contributed by atoms with Gasteiger partial charge < -0.3 is 9.47 Å².